The van der Waals surface area contributed by atoms with E-state index in [0.717, 1.165) is 50.8 Å². The summed E-state index contributed by atoms with van der Waals surface area (Å²) in [5.74, 6) is -0.184. The van der Waals surface area contributed by atoms with Gasteiger partial charge in [-0.05, 0) is 56.9 Å². The highest BCUT2D eigenvalue weighted by Gasteiger charge is 2.52. The van der Waals surface area contributed by atoms with Crippen molar-refractivity contribution in [2.24, 2.45) is 0 Å². The van der Waals surface area contributed by atoms with Gasteiger partial charge in [-0.1, -0.05) is 6.42 Å². The molecule has 0 atom stereocenters. The molecular weight excluding hydrogens is 334 g/mol. The van der Waals surface area contributed by atoms with Crippen molar-refractivity contribution >= 4 is 17.4 Å². The highest BCUT2D eigenvalue weighted by Crippen LogP contribution is 2.52. The first kappa shape index (κ1) is 17.1. The molecule has 2 aliphatic carbocycles. The number of Topliss-reactive ketones (excluding diaryl/α,β-unsaturated/α-hetero) is 1. The van der Waals surface area contributed by atoms with Gasteiger partial charge in [0, 0.05) is 24.6 Å². The van der Waals surface area contributed by atoms with E-state index in [1.165, 1.54) is 12.1 Å². The van der Waals surface area contributed by atoms with Gasteiger partial charge in [-0.3, -0.25) is 19.7 Å². The number of ketones is 1. The Morgan fingerprint density at radius 1 is 1.31 bits per heavy atom. The summed E-state index contributed by atoms with van der Waals surface area (Å²) >= 11 is 0. The number of non-ortho nitro benzene ring substituents is 1. The van der Waals surface area contributed by atoms with E-state index in [-0.39, 0.29) is 29.8 Å². The Morgan fingerprint density at radius 2 is 2.00 bits per heavy atom. The number of carbonyl (C=O) groups is 2. The second-order valence-corrected chi connectivity index (χ2v) is 7.86. The molecule has 26 heavy (non-hydrogen) atoms. The summed E-state index contributed by atoms with van der Waals surface area (Å²) in [7, 11) is 2.05. The van der Waals surface area contributed by atoms with Crippen LogP contribution in [-0.4, -0.2) is 47.7 Å². The Kier molecular flexibility index (Phi) is 4.06. The predicted octanol–water partition coefficient (Wildman–Crippen LogP) is 1.97. The fraction of sp³-hybridized carbons (Fsp3) is 0.579. The zero-order valence-corrected chi connectivity index (χ0v) is 14.9. The highest BCUT2D eigenvalue weighted by molar-refractivity contribution is 6.04. The predicted molar refractivity (Wildman–Crippen MR) is 95.3 cm³/mol. The van der Waals surface area contributed by atoms with E-state index in [4.69, 9.17) is 0 Å². The minimum atomic E-state index is -0.579. The second kappa shape index (κ2) is 6.16. The van der Waals surface area contributed by atoms with E-state index in [1.807, 2.05) is 0 Å². The Balaban J connectivity index is 1.68. The lowest BCUT2D eigenvalue weighted by Gasteiger charge is -2.37. The quantitative estimate of drug-likeness (QED) is 0.659. The Bertz CT molecular complexity index is 792. The zero-order chi connectivity index (χ0) is 18.5. The van der Waals surface area contributed by atoms with Crippen LogP contribution in [0.2, 0.25) is 0 Å². The van der Waals surface area contributed by atoms with Crippen LogP contribution in [0.15, 0.2) is 12.1 Å². The molecule has 0 unspecified atom stereocenters. The van der Waals surface area contributed by atoms with Crippen molar-refractivity contribution < 1.29 is 14.5 Å². The van der Waals surface area contributed by atoms with Crippen LogP contribution in [0, 0.1) is 10.1 Å². The summed E-state index contributed by atoms with van der Waals surface area (Å²) in [4.78, 5) is 38.6. The maximum Gasteiger partial charge on any atom is 0.270 e. The molecule has 1 aliphatic heterocycles. The number of nitro groups is 1. The molecule has 7 nitrogen and oxygen atoms in total. The minimum absolute atomic E-state index is 0.0726. The minimum Gasteiger partial charge on any atom is -0.349 e. The van der Waals surface area contributed by atoms with Gasteiger partial charge in [-0.2, -0.15) is 0 Å². The Labute approximate surface area is 151 Å². The van der Waals surface area contributed by atoms with Crippen LogP contribution in [0.1, 0.15) is 53.6 Å². The number of nitrogens with zero attached hydrogens (tertiary/aromatic N) is 2. The topological polar surface area (TPSA) is 92.6 Å². The fourth-order valence-electron chi connectivity index (χ4n) is 4.56. The third-order valence-corrected chi connectivity index (χ3v) is 6.34. The molecule has 4 rings (SSSR count). The molecule has 7 heteroatoms. The molecule has 1 aromatic rings. The van der Waals surface area contributed by atoms with Crippen molar-refractivity contribution in [1.29, 1.82) is 0 Å². The van der Waals surface area contributed by atoms with Gasteiger partial charge >= 0.3 is 0 Å². The Morgan fingerprint density at radius 3 is 2.58 bits per heavy atom. The average Bonchev–Trinajstić information content (AvgIpc) is 2.87. The van der Waals surface area contributed by atoms with E-state index in [0.29, 0.717) is 11.1 Å². The Hall–Kier alpha value is -2.28. The molecule has 2 fully saturated rings. The molecule has 1 heterocycles. The van der Waals surface area contributed by atoms with Crippen molar-refractivity contribution in [1.82, 2.24) is 10.2 Å². The number of fused-ring (bicyclic) bond motifs is 2. The maximum absolute atomic E-state index is 12.9. The first-order valence-electron chi connectivity index (χ1n) is 9.25. The molecule has 0 aromatic heterocycles. The fourth-order valence-corrected chi connectivity index (χ4v) is 4.56. The van der Waals surface area contributed by atoms with Crippen LogP contribution in [0.4, 0.5) is 5.69 Å². The zero-order valence-electron chi connectivity index (χ0n) is 14.9. The lowest BCUT2D eigenvalue weighted by Crippen LogP contribution is -2.43. The van der Waals surface area contributed by atoms with E-state index in [1.54, 1.807) is 0 Å². The first-order chi connectivity index (χ1) is 12.4. The third-order valence-electron chi connectivity index (χ3n) is 6.34. The molecule has 138 valence electrons. The van der Waals surface area contributed by atoms with Gasteiger partial charge in [0.2, 0.25) is 0 Å². The van der Waals surface area contributed by atoms with Crippen LogP contribution in [-0.2, 0) is 16.6 Å². The number of carbonyl (C=O) groups excluding carboxylic acids is 2. The molecule has 1 aromatic carbocycles. The van der Waals surface area contributed by atoms with Crippen molar-refractivity contribution in [3.05, 3.63) is 38.9 Å². The monoisotopic (exact) mass is 357 g/mol. The van der Waals surface area contributed by atoms with Crippen LogP contribution in [0.3, 0.4) is 0 Å². The number of hydrogen-bond donors (Lipinski definition) is 1. The summed E-state index contributed by atoms with van der Waals surface area (Å²) in [5, 5.41) is 14.4. The lowest BCUT2D eigenvalue weighted by molar-refractivity contribution is -0.385. The smallest absolute Gasteiger partial charge is 0.270 e. The number of rotatable bonds is 3. The van der Waals surface area contributed by atoms with Gasteiger partial charge < -0.3 is 10.2 Å². The molecule has 0 bridgehead atoms. The van der Waals surface area contributed by atoms with Crippen molar-refractivity contribution in [2.75, 3.05) is 20.1 Å². The van der Waals surface area contributed by atoms with Crippen molar-refractivity contribution in [3.63, 3.8) is 0 Å². The number of piperidine rings is 1. The van der Waals surface area contributed by atoms with E-state index in [2.05, 4.69) is 17.3 Å². The van der Waals surface area contributed by atoms with Crippen molar-refractivity contribution in [3.8, 4) is 0 Å². The summed E-state index contributed by atoms with van der Waals surface area (Å²) in [6.45, 7) is 1.83. The lowest BCUT2D eigenvalue weighted by atomic mass is 9.64. The molecule has 1 spiro atoms. The second-order valence-electron chi connectivity index (χ2n) is 7.86. The molecule has 1 amide bonds. The third kappa shape index (κ3) is 2.61. The number of benzene rings is 1. The van der Waals surface area contributed by atoms with Gasteiger partial charge in [0.1, 0.15) is 5.78 Å². The molecular formula is C19H23N3O4. The number of nitro benzene ring substituents is 1. The van der Waals surface area contributed by atoms with Gasteiger partial charge in [0.05, 0.1) is 15.9 Å². The normalized spacial score (nSPS) is 22.1. The first-order valence-corrected chi connectivity index (χ1v) is 9.25. The van der Waals surface area contributed by atoms with Crippen LogP contribution in [0.25, 0.3) is 0 Å². The van der Waals surface area contributed by atoms with Crippen LogP contribution in [0.5, 0.6) is 0 Å². The average molecular weight is 357 g/mol. The summed E-state index contributed by atoms with van der Waals surface area (Å²) in [6, 6.07) is 2.93. The van der Waals surface area contributed by atoms with Crippen LogP contribution >= 0.6 is 0 Å². The summed E-state index contributed by atoms with van der Waals surface area (Å²) in [5.41, 5.74) is 1.05. The number of amides is 1. The van der Waals surface area contributed by atoms with Crippen LogP contribution < -0.4 is 5.32 Å². The standard InChI is InChI=1S/C19H23N3O4/c1-21-7-3-12(4-8-21)20-18(24)15-9-13(22(25)26)10-16-14(15)11-17(23)19(16)5-2-6-19/h9-10,12H,2-8,11H2,1H3,(H,20,24). The van der Waals surface area contributed by atoms with E-state index >= 15 is 0 Å². The van der Waals surface area contributed by atoms with Crippen molar-refractivity contribution in [2.45, 2.75) is 50.0 Å². The van der Waals surface area contributed by atoms with E-state index in [9.17, 15) is 19.7 Å². The van der Waals surface area contributed by atoms with E-state index < -0.39 is 10.3 Å². The van der Waals surface area contributed by atoms with Gasteiger partial charge in [-0.25, -0.2) is 0 Å². The van der Waals surface area contributed by atoms with Gasteiger partial charge in [-0.15, -0.1) is 0 Å². The number of nitrogens with one attached hydrogen (secondary N) is 1. The molecule has 3 aliphatic rings. The molecule has 1 saturated carbocycles. The number of hydrogen-bond acceptors (Lipinski definition) is 5. The molecule has 1 saturated heterocycles. The summed E-state index contributed by atoms with van der Waals surface area (Å²) < 4.78 is 0. The highest BCUT2D eigenvalue weighted by atomic mass is 16.6. The number of likely N-dealkylation sites (tertiary alicyclic amines) is 1. The summed E-state index contributed by atoms with van der Waals surface area (Å²) in [6.07, 6.45) is 4.35. The van der Waals surface area contributed by atoms with Gasteiger partial charge in [0.15, 0.2) is 0 Å². The van der Waals surface area contributed by atoms with Gasteiger partial charge in [0.25, 0.3) is 11.6 Å². The molecule has 0 radical (unpaired) electrons. The molecule has 1 N–H and O–H groups in total. The SMILES string of the molecule is CN1CCC(NC(=O)c2cc([N+](=O)[O-])cc3c2CC(=O)C32CCC2)CC1. The largest absolute Gasteiger partial charge is 0.349 e. The maximum atomic E-state index is 12.9.